The first kappa shape index (κ1) is 20.6. The average molecular weight is 435 g/mol. The van der Waals surface area contributed by atoms with E-state index in [4.69, 9.17) is 16.3 Å². The van der Waals surface area contributed by atoms with Crippen molar-refractivity contribution < 1.29 is 19.4 Å². The lowest BCUT2D eigenvalue weighted by Crippen LogP contribution is -2.30. The zero-order valence-electron chi connectivity index (χ0n) is 16.9. The van der Waals surface area contributed by atoms with Gasteiger partial charge in [-0.2, -0.15) is 0 Å². The summed E-state index contributed by atoms with van der Waals surface area (Å²) in [6.45, 7) is 1.81. The van der Waals surface area contributed by atoms with Gasteiger partial charge in [0.15, 0.2) is 0 Å². The third kappa shape index (κ3) is 3.55. The smallest absolute Gasteiger partial charge is 0.300 e. The number of carbonyl (C=O) groups excluding carboxylic acids is 2. The van der Waals surface area contributed by atoms with Crippen LogP contribution in [0.3, 0.4) is 0 Å². The molecule has 31 heavy (non-hydrogen) atoms. The van der Waals surface area contributed by atoms with Crippen LogP contribution in [0.2, 0.25) is 5.02 Å². The van der Waals surface area contributed by atoms with Crippen molar-refractivity contribution in [3.05, 3.63) is 94.3 Å². The molecule has 1 atom stereocenters. The van der Waals surface area contributed by atoms with Gasteiger partial charge < -0.3 is 9.84 Å². The van der Waals surface area contributed by atoms with Crippen molar-refractivity contribution in [2.24, 2.45) is 0 Å². The van der Waals surface area contributed by atoms with Crippen LogP contribution in [0.5, 0.6) is 5.75 Å². The number of ketones is 1. The maximum Gasteiger partial charge on any atom is 0.300 e. The first-order chi connectivity index (χ1) is 14.9. The Bertz CT molecular complexity index is 1210. The second-order valence-corrected chi connectivity index (χ2v) is 7.52. The molecule has 156 valence electrons. The van der Waals surface area contributed by atoms with Gasteiger partial charge in [0, 0.05) is 23.1 Å². The molecule has 0 bridgehead atoms. The zero-order chi connectivity index (χ0) is 22.1. The molecule has 1 aromatic heterocycles. The third-order valence-corrected chi connectivity index (χ3v) is 5.48. The Hall–Kier alpha value is -3.64. The molecule has 1 amide bonds. The number of pyridine rings is 1. The Kier molecular flexibility index (Phi) is 5.48. The Labute approximate surface area is 184 Å². The molecule has 2 aromatic carbocycles. The van der Waals surface area contributed by atoms with Gasteiger partial charge in [-0.3, -0.25) is 19.5 Å². The first-order valence-electron chi connectivity index (χ1n) is 9.54. The zero-order valence-corrected chi connectivity index (χ0v) is 17.6. The summed E-state index contributed by atoms with van der Waals surface area (Å²) in [6, 6.07) is 14.5. The van der Waals surface area contributed by atoms with Crippen molar-refractivity contribution in [3.8, 4) is 5.75 Å². The van der Waals surface area contributed by atoms with Crippen molar-refractivity contribution in [2.45, 2.75) is 13.0 Å². The number of nitrogens with zero attached hydrogens (tertiary/aromatic N) is 2. The predicted molar refractivity (Wildman–Crippen MR) is 118 cm³/mol. The summed E-state index contributed by atoms with van der Waals surface area (Å²) < 4.78 is 5.34. The topological polar surface area (TPSA) is 79.7 Å². The minimum atomic E-state index is -0.840. The number of halogens is 1. The van der Waals surface area contributed by atoms with Crippen LogP contribution in [0.4, 0.5) is 5.69 Å². The highest BCUT2D eigenvalue weighted by molar-refractivity contribution is 6.52. The molecule has 4 rings (SSSR count). The highest BCUT2D eigenvalue weighted by Crippen LogP contribution is 2.44. The van der Waals surface area contributed by atoms with Gasteiger partial charge in [0.25, 0.3) is 11.7 Å². The van der Waals surface area contributed by atoms with Crippen molar-refractivity contribution >= 4 is 34.7 Å². The van der Waals surface area contributed by atoms with Gasteiger partial charge in [-0.15, -0.1) is 0 Å². The van der Waals surface area contributed by atoms with E-state index in [0.717, 1.165) is 5.56 Å². The molecule has 3 aromatic rings. The van der Waals surface area contributed by atoms with Crippen LogP contribution >= 0.6 is 11.6 Å². The van der Waals surface area contributed by atoms with Gasteiger partial charge in [-0.05, 0) is 60.5 Å². The summed E-state index contributed by atoms with van der Waals surface area (Å²) in [4.78, 5) is 31.8. The molecule has 6 nitrogen and oxygen atoms in total. The number of amides is 1. The number of methoxy groups -OCH3 is 1. The van der Waals surface area contributed by atoms with E-state index in [1.807, 2.05) is 6.92 Å². The Morgan fingerprint density at radius 1 is 1.10 bits per heavy atom. The molecule has 1 N–H and O–H groups in total. The van der Waals surface area contributed by atoms with Gasteiger partial charge in [0.1, 0.15) is 11.5 Å². The number of aliphatic hydroxyl groups is 1. The van der Waals surface area contributed by atoms with Gasteiger partial charge in [-0.25, -0.2) is 0 Å². The summed E-state index contributed by atoms with van der Waals surface area (Å²) >= 11 is 6.09. The number of para-hydroxylation sites is 1. The molecule has 2 heterocycles. The number of hydrogen-bond acceptors (Lipinski definition) is 5. The molecule has 1 unspecified atom stereocenters. The average Bonchev–Trinajstić information content (AvgIpc) is 3.04. The third-order valence-electron chi connectivity index (χ3n) is 5.25. The van der Waals surface area contributed by atoms with Crippen molar-refractivity contribution in [2.75, 3.05) is 12.0 Å². The minimum absolute atomic E-state index is 0.0185. The monoisotopic (exact) mass is 434 g/mol. The number of benzene rings is 2. The van der Waals surface area contributed by atoms with Crippen molar-refractivity contribution in [3.63, 3.8) is 0 Å². The number of rotatable bonds is 4. The summed E-state index contributed by atoms with van der Waals surface area (Å²) in [5, 5.41) is 11.7. The molecule has 7 heteroatoms. The van der Waals surface area contributed by atoms with Crippen LogP contribution in [-0.2, 0) is 9.59 Å². The van der Waals surface area contributed by atoms with E-state index in [1.54, 1.807) is 67.0 Å². The van der Waals surface area contributed by atoms with Gasteiger partial charge >= 0.3 is 0 Å². The van der Waals surface area contributed by atoms with E-state index in [0.29, 0.717) is 27.6 Å². The van der Waals surface area contributed by atoms with Gasteiger partial charge in [0.05, 0.1) is 24.3 Å². The van der Waals surface area contributed by atoms with E-state index >= 15 is 0 Å². The fraction of sp³-hybridized carbons (Fsp3) is 0.125. The molecule has 0 saturated carbocycles. The normalized spacial score (nSPS) is 17.8. The van der Waals surface area contributed by atoms with E-state index in [2.05, 4.69) is 4.98 Å². The molecular formula is C24H19ClN2O4. The van der Waals surface area contributed by atoms with E-state index in [9.17, 15) is 14.7 Å². The van der Waals surface area contributed by atoms with Gasteiger partial charge in [0.2, 0.25) is 0 Å². The summed E-state index contributed by atoms with van der Waals surface area (Å²) in [7, 11) is 1.47. The van der Waals surface area contributed by atoms with Crippen LogP contribution in [0.15, 0.2) is 72.6 Å². The maximum atomic E-state index is 13.2. The largest absolute Gasteiger partial charge is 0.507 e. The van der Waals surface area contributed by atoms with E-state index in [1.165, 1.54) is 12.0 Å². The van der Waals surface area contributed by atoms with Crippen molar-refractivity contribution in [1.82, 2.24) is 4.98 Å². The number of anilines is 1. The molecule has 0 radical (unpaired) electrons. The number of carbonyl (C=O) groups is 2. The number of Topliss-reactive ketones (excluding diaryl/α,β-unsaturated/α-hetero) is 1. The summed E-state index contributed by atoms with van der Waals surface area (Å²) in [5.41, 5.74) is 2.21. The Morgan fingerprint density at radius 2 is 1.81 bits per heavy atom. The second kappa shape index (κ2) is 8.24. The molecule has 1 fully saturated rings. The molecule has 0 aliphatic carbocycles. The minimum Gasteiger partial charge on any atom is -0.507 e. The highest BCUT2D eigenvalue weighted by atomic mass is 35.5. The van der Waals surface area contributed by atoms with Crippen LogP contribution < -0.4 is 9.64 Å². The molecular weight excluding hydrogens is 416 g/mol. The Morgan fingerprint density at radius 3 is 2.48 bits per heavy atom. The van der Waals surface area contributed by atoms with E-state index in [-0.39, 0.29) is 11.3 Å². The molecule has 1 aliphatic rings. The predicted octanol–water partition coefficient (Wildman–Crippen LogP) is 4.68. The lowest BCUT2D eigenvalue weighted by molar-refractivity contribution is -0.132. The van der Waals surface area contributed by atoms with Crippen molar-refractivity contribution in [1.29, 1.82) is 0 Å². The first-order valence-corrected chi connectivity index (χ1v) is 9.92. The highest BCUT2D eigenvalue weighted by Gasteiger charge is 2.47. The lowest BCUT2D eigenvalue weighted by Gasteiger charge is -2.26. The fourth-order valence-electron chi connectivity index (χ4n) is 3.82. The second-order valence-electron chi connectivity index (χ2n) is 7.08. The lowest BCUT2D eigenvalue weighted by atomic mass is 9.95. The van der Waals surface area contributed by atoms with Crippen LogP contribution in [-0.4, -0.2) is 28.9 Å². The van der Waals surface area contributed by atoms with Crippen LogP contribution in [0.25, 0.3) is 5.76 Å². The summed E-state index contributed by atoms with van der Waals surface area (Å²) in [5.74, 6) is -1.42. The molecule has 1 aliphatic heterocycles. The van der Waals surface area contributed by atoms with Crippen LogP contribution in [0, 0.1) is 6.92 Å². The molecule has 0 spiro atoms. The SMILES string of the molecule is COc1ccccc1/C(O)=C1\C(=O)C(=O)N(c2ccc(Cl)cc2C)C1c1ccncc1. The van der Waals surface area contributed by atoms with Crippen LogP contribution in [0.1, 0.15) is 22.7 Å². The number of ether oxygens (including phenoxy) is 1. The number of hydrogen-bond donors (Lipinski definition) is 1. The van der Waals surface area contributed by atoms with E-state index < -0.39 is 17.7 Å². The fourth-order valence-corrected chi connectivity index (χ4v) is 4.04. The number of aliphatic hydroxyl groups excluding tert-OH is 1. The standard InChI is InChI=1S/C24H19ClN2O4/c1-14-13-16(25)7-8-18(14)27-21(15-9-11-26-12-10-15)20(23(29)24(27)30)22(28)17-5-3-4-6-19(17)31-2/h3-13,21,28H,1-2H3/b22-20+. The summed E-state index contributed by atoms with van der Waals surface area (Å²) in [6.07, 6.45) is 3.15. The number of aromatic nitrogens is 1. The van der Waals surface area contributed by atoms with Gasteiger partial charge in [-0.1, -0.05) is 23.7 Å². The molecule has 1 saturated heterocycles. The quantitative estimate of drug-likeness (QED) is 0.366. The number of aryl methyl sites for hydroxylation is 1. The Balaban J connectivity index is 1.99. The maximum absolute atomic E-state index is 13.2.